The van der Waals surface area contributed by atoms with Crippen LogP contribution in [0.5, 0.6) is 0 Å². The van der Waals surface area contributed by atoms with Gasteiger partial charge in [0.15, 0.2) is 0 Å². The molecule has 2 aromatic heterocycles. The first-order valence-corrected chi connectivity index (χ1v) is 12.6. The molecule has 0 saturated carbocycles. The second-order valence-corrected chi connectivity index (χ2v) is 9.79. The van der Waals surface area contributed by atoms with Crippen molar-refractivity contribution in [3.8, 4) is 5.95 Å². The minimum Gasteiger partial charge on any atom is -0.423 e. The third kappa shape index (κ3) is 4.07. The fourth-order valence-corrected chi connectivity index (χ4v) is 5.79. The minimum atomic E-state index is -1.56. The van der Waals surface area contributed by atoms with Crippen LogP contribution >= 0.6 is 0 Å². The van der Waals surface area contributed by atoms with Gasteiger partial charge in [-0.15, -0.1) is 0 Å². The van der Waals surface area contributed by atoms with Crippen molar-refractivity contribution in [3.63, 3.8) is 0 Å². The van der Waals surface area contributed by atoms with Crippen LogP contribution in [-0.4, -0.2) is 49.7 Å². The standard InChI is InChI=1S/C27H29BFN5O2/c1-17-14-21-22(28(35)36)8-5-10-23(21)34(17)27-31-25-20(11-13-33-12-3-2-9-24(25)33)26(32-27)30-16-18-6-4-7-19(29)15-18/h4-8,10,14-15,24,35-36H,2-3,9,11-13,16H2,1H3,(H,30,31,32). The molecule has 184 valence electrons. The first-order chi connectivity index (χ1) is 17.5. The van der Waals surface area contributed by atoms with Crippen LogP contribution in [0.4, 0.5) is 10.2 Å². The van der Waals surface area contributed by atoms with E-state index in [4.69, 9.17) is 9.97 Å². The Labute approximate surface area is 209 Å². The average molecular weight is 485 g/mol. The number of halogens is 1. The Bertz CT molecular complexity index is 1440. The normalized spacial score (nSPS) is 17.6. The molecule has 0 aliphatic carbocycles. The number of hydrogen-bond acceptors (Lipinski definition) is 6. The summed E-state index contributed by atoms with van der Waals surface area (Å²) in [7, 11) is -1.56. The largest absolute Gasteiger partial charge is 0.489 e. The molecule has 0 spiro atoms. The van der Waals surface area contributed by atoms with Crippen LogP contribution in [-0.2, 0) is 13.0 Å². The van der Waals surface area contributed by atoms with E-state index in [-0.39, 0.29) is 11.9 Å². The van der Waals surface area contributed by atoms with E-state index in [0.717, 1.165) is 65.2 Å². The van der Waals surface area contributed by atoms with Gasteiger partial charge in [-0.05, 0) is 68.0 Å². The van der Waals surface area contributed by atoms with Crippen molar-refractivity contribution in [1.82, 2.24) is 19.4 Å². The van der Waals surface area contributed by atoms with E-state index in [9.17, 15) is 14.4 Å². The van der Waals surface area contributed by atoms with Crippen molar-refractivity contribution in [2.45, 2.75) is 45.2 Å². The number of anilines is 1. The summed E-state index contributed by atoms with van der Waals surface area (Å²) in [5.74, 6) is 1.08. The molecule has 2 aliphatic heterocycles. The van der Waals surface area contributed by atoms with Crippen molar-refractivity contribution in [1.29, 1.82) is 0 Å². The van der Waals surface area contributed by atoms with Gasteiger partial charge < -0.3 is 15.4 Å². The summed E-state index contributed by atoms with van der Waals surface area (Å²) < 4.78 is 15.8. The van der Waals surface area contributed by atoms with Gasteiger partial charge in [0, 0.05) is 29.7 Å². The zero-order valence-corrected chi connectivity index (χ0v) is 20.3. The third-order valence-corrected chi connectivity index (χ3v) is 7.50. The van der Waals surface area contributed by atoms with Crippen LogP contribution in [0.3, 0.4) is 0 Å². The molecule has 3 N–H and O–H groups in total. The van der Waals surface area contributed by atoms with E-state index >= 15 is 0 Å². The fourth-order valence-electron chi connectivity index (χ4n) is 5.79. The summed E-state index contributed by atoms with van der Waals surface area (Å²) >= 11 is 0. The number of aromatic nitrogens is 3. The van der Waals surface area contributed by atoms with Crippen LogP contribution in [0.25, 0.3) is 16.9 Å². The quantitative estimate of drug-likeness (QED) is 0.377. The van der Waals surface area contributed by atoms with E-state index in [2.05, 4.69) is 10.2 Å². The van der Waals surface area contributed by atoms with E-state index in [0.29, 0.717) is 18.0 Å². The number of hydrogen-bond donors (Lipinski definition) is 3. The van der Waals surface area contributed by atoms with Crippen molar-refractivity contribution in [3.05, 3.63) is 76.9 Å². The van der Waals surface area contributed by atoms with Gasteiger partial charge in [-0.25, -0.2) is 9.37 Å². The summed E-state index contributed by atoms with van der Waals surface area (Å²) in [5, 5.41) is 24.0. The molecule has 0 amide bonds. The number of nitrogens with zero attached hydrogens (tertiary/aromatic N) is 4. The molecule has 7 nitrogen and oxygen atoms in total. The predicted octanol–water partition coefficient (Wildman–Crippen LogP) is 3.24. The lowest BCUT2D eigenvalue weighted by Crippen LogP contribution is -2.40. The Balaban J connectivity index is 1.49. The van der Waals surface area contributed by atoms with Crippen LogP contribution < -0.4 is 10.8 Å². The molecule has 9 heteroatoms. The lowest BCUT2D eigenvalue weighted by Gasteiger charge is -2.40. The van der Waals surface area contributed by atoms with Crippen molar-refractivity contribution in [2.75, 3.05) is 18.4 Å². The lowest BCUT2D eigenvalue weighted by molar-refractivity contribution is 0.134. The van der Waals surface area contributed by atoms with E-state index in [1.165, 1.54) is 25.0 Å². The maximum Gasteiger partial charge on any atom is 0.489 e. The van der Waals surface area contributed by atoms with Gasteiger partial charge in [-0.1, -0.05) is 30.7 Å². The Morgan fingerprint density at radius 2 is 1.94 bits per heavy atom. The van der Waals surface area contributed by atoms with Crippen LogP contribution in [0, 0.1) is 12.7 Å². The highest BCUT2D eigenvalue weighted by Gasteiger charge is 2.33. The molecule has 1 atom stereocenters. The van der Waals surface area contributed by atoms with Gasteiger partial charge in [-0.2, -0.15) is 4.98 Å². The molecule has 1 saturated heterocycles. The monoisotopic (exact) mass is 485 g/mol. The molecule has 36 heavy (non-hydrogen) atoms. The summed E-state index contributed by atoms with van der Waals surface area (Å²) in [6.45, 7) is 4.50. The number of piperidine rings is 1. The van der Waals surface area contributed by atoms with Gasteiger partial charge in [0.25, 0.3) is 0 Å². The lowest BCUT2D eigenvalue weighted by atomic mass is 9.78. The second kappa shape index (κ2) is 9.31. The number of benzene rings is 2. The van der Waals surface area contributed by atoms with Gasteiger partial charge in [0.2, 0.25) is 5.95 Å². The van der Waals surface area contributed by atoms with Crippen LogP contribution in [0.15, 0.2) is 48.5 Å². The van der Waals surface area contributed by atoms with Crippen molar-refractivity contribution < 1.29 is 14.4 Å². The summed E-state index contributed by atoms with van der Waals surface area (Å²) in [6, 6.07) is 14.3. The Kier molecular flexibility index (Phi) is 5.99. The van der Waals surface area contributed by atoms with E-state index in [1.807, 2.05) is 35.8 Å². The molecule has 4 aromatic rings. The number of fused-ring (bicyclic) bond motifs is 4. The molecule has 1 fully saturated rings. The number of nitrogens with one attached hydrogen (secondary N) is 1. The molecule has 0 bridgehead atoms. The van der Waals surface area contributed by atoms with Crippen LogP contribution in [0.2, 0.25) is 0 Å². The Hall–Kier alpha value is -3.27. The van der Waals surface area contributed by atoms with Gasteiger partial charge in [0.05, 0.1) is 17.3 Å². The van der Waals surface area contributed by atoms with Gasteiger partial charge in [0.1, 0.15) is 11.6 Å². The molecular weight excluding hydrogens is 456 g/mol. The molecule has 1 unspecified atom stereocenters. The Morgan fingerprint density at radius 1 is 1.08 bits per heavy atom. The number of aryl methyl sites for hydroxylation is 1. The third-order valence-electron chi connectivity index (χ3n) is 7.50. The van der Waals surface area contributed by atoms with Crippen molar-refractivity contribution in [2.24, 2.45) is 0 Å². The minimum absolute atomic E-state index is 0.256. The van der Waals surface area contributed by atoms with E-state index in [1.54, 1.807) is 12.1 Å². The number of rotatable bonds is 5. The predicted molar refractivity (Wildman–Crippen MR) is 139 cm³/mol. The fraction of sp³-hybridized carbons (Fsp3) is 0.333. The molecule has 0 radical (unpaired) electrons. The highest BCUT2D eigenvalue weighted by atomic mass is 19.1. The maximum absolute atomic E-state index is 13.8. The maximum atomic E-state index is 13.8. The van der Waals surface area contributed by atoms with Crippen molar-refractivity contribution >= 4 is 29.3 Å². The smallest absolute Gasteiger partial charge is 0.423 e. The Morgan fingerprint density at radius 3 is 2.78 bits per heavy atom. The first-order valence-electron chi connectivity index (χ1n) is 12.6. The zero-order valence-electron chi connectivity index (χ0n) is 20.3. The molecular formula is C27H29BFN5O2. The zero-order chi connectivity index (χ0) is 24.8. The molecule has 4 heterocycles. The summed E-state index contributed by atoms with van der Waals surface area (Å²) in [4.78, 5) is 12.7. The van der Waals surface area contributed by atoms with Gasteiger partial charge in [-0.3, -0.25) is 9.47 Å². The topological polar surface area (TPSA) is 86.4 Å². The SMILES string of the molecule is Cc1cc2c(B(O)O)cccc2n1-c1nc(NCc2cccc(F)c2)c2c(n1)C1CCCCN1CC2. The highest BCUT2D eigenvalue weighted by Crippen LogP contribution is 2.38. The second-order valence-electron chi connectivity index (χ2n) is 9.79. The summed E-state index contributed by atoms with van der Waals surface area (Å²) in [5.41, 5.74) is 5.24. The summed E-state index contributed by atoms with van der Waals surface area (Å²) in [6.07, 6.45) is 4.32. The first kappa shape index (κ1) is 23.2. The molecule has 2 aliphatic rings. The highest BCUT2D eigenvalue weighted by molar-refractivity contribution is 6.61. The van der Waals surface area contributed by atoms with Gasteiger partial charge >= 0.3 is 7.12 Å². The molecule has 2 aromatic carbocycles. The van der Waals surface area contributed by atoms with E-state index < -0.39 is 7.12 Å². The molecule has 6 rings (SSSR count). The average Bonchev–Trinajstić information content (AvgIpc) is 3.22. The van der Waals surface area contributed by atoms with Crippen LogP contribution in [0.1, 0.15) is 47.8 Å².